The number of halogens is 1. The molecule has 0 radical (unpaired) electrons. The number of aryl methyl sites for hydroxylation is 1. The van der Waals surface area contributed by atoms with Crippen LogP contribution in [-0.2, 0) is 11.3 Å². The maximum absolute atomic E-state index is 12.2. The highest BCUT2D eigenvalue weighted by molar-refractivity contribution is 7.16. The van der Waals surface area contributed by atoms with Crippen molar-refractivity contribution in [1.29, 1.82) is 0 Å². The fourth-order valence-corrected chi connectivity index (χ4v) is 2.92. The van der Waals surface area contributed by atoms with Gasteiger partial charge in [-0.25, -0.2) is 19.7 Å². The first-order chi connectivity index (χ1) is 11.1. The predicted molar refractivity (Wildman–Crippen MR) is 88.4 cm³/mol. The average Bonchev–Trinajstić information content (AvgIpc) is 2.97. The molecule has 7 heteroatoms. The van der Waals surface area contributed by atoms with Gasteiger partial charge in [0.25, 0.3) is 0 Å². The normalized spacial score (nSPS) is 10.5. The van der Waals surface area contributed by atoms with E-state index in [0.717, 1.165) is 5.56 Å². The molecule has 0 amide bonds. The molecule has 2 aromatic heterocycles. The van der Waals surface area contributed by atoms with Gasteiger partial charge in [-0.2, -0.15) is 0 Å². The lowest BCUT2D eigenvalue weighted by atomic mass is 10.2. The van der Waals surface area contributed by atoms with Crippen LogP contribution < -0.4 is 0 Å². The van der Waals surface area contributed by atoms with Crippen molar-refractivity contribution in [3.8, 4) is 10.8 Å². The van der Waals surface area contributed by atoms with Crippen LogP contribution in [0.3, 0.4) is 0 Å². The van der Waals surface area contributed by atoms with E-state index in [1.54, 1.807) is 37.5 Å². The number of carbonyl (C=O) groups is 1. The number of thiazole rings is 1. The van der Waals surface area contributed by atoms with Crippen LogP contribution in [0.5, 0.6) is 0 Å². The Labute approximate surface area is 142 Å². The molecule has 0 fully saturated rings. The Kier molecular flexibility index (Phi) is 4.64. The average molecular weight is 346 g/mol. The highest BCUT2D eigenvalue weighted by Gasteiger charge is 2.18. The number of aromatic nitrogens is 3. The van der Waals surface area contributed by atoms with E-state index in [1.165, 1.54) is 11.3 Å². The zero-order valence-electron chi connectivity index (χ0n) is 12.2. The van der Waals surface area contributed by atoms with E-state index in [-0.39, 0.29) is 6.61 Å². The number of carbonyl (C=O) groups excluding carboxylic acids is 1. The van der Waals surface area contributed by atoms with Crippen molar-refractivity contribution in [3.05, 3.63) is 63.9 Å². The molecule has 5 nitrogen and oxygen atoms in total. The van der Waals surface area contributed by atoms with Crippen LogP contribution in [0.25, 0.3) is 10.8 Å². The molecule has 0 bridgehead atoms. The van der Waals surface area contributed by atoms with Gasteiger partial charge in [-0.1, -0.05) is 23.7 Å². The molecule has 0 aliphatic heterocycles. The molecule has 0 unspecified atom stereocenters. The Bertz CT molecular complexity index is 819. The van der Waals surface area contributed by atoms with Crippen molar-refractivity contribution >= 4 is 28.9 Å². The summed E-state index contributed by atoms with van der Waals surface area (Å²) >= 11 is 7.05. The summed E-state index contributed by atoms with van der Waals surface area (Å²) in [5, 5.41) is 1.24. The Balaban J connectivity index is 1.72. The van der Waals surface area contributed by atoms with Crippen molar-refractivity contribution in [2.45, 2.75) is 13.5 Å². The van der Waals surface area contributed by atoms with Crippen LogP contribution in [0.15, 0.2) is 42.7 Å². The summed E-state index contributed by atoms with van der Waals surface area (Å²) in [6.45, 7) is 1.95. The second-order valence-electron chi connectivity index (χ2n) is 4.71. The van der Waals surface area contributed by atoms with E-state index in [1.807, 2.05) is 12.1 Å². The first kappa shape index (κ1) is 15.6. The molecular weight excluding hydrogens is 334 g/mol. The summed E-state index contributed by atoms with van der Waals surface area (Å²) < 4.78 is 5.33. The fraction of sp³-hybridized carbons (Fsp3) is 0.125. The summed E-state index contributed by atoms with van der Waals surface area (Å²) in [5.41, 5.74) is 1.48. The number of hydrogen-bond donors (Lipinski definition) is 0. The quantitative estimate of drug-likeness (QED) is 0.670. The Morgan fingerprint density at radius 2 is 1.91 bits per heavy atom. The lowest BCUT2D eigenvalue weighted by Crippen LogP contribution is -2.04. The molecule has 0 aliphatic rings. The molecule has 3 rings (SSSR count). The van der Waals surface area contributed by atoms with Crippen molar-refractivity contribution < 1.29 is 9.53 Å². The zero-order valence-corrected chi connectivity index (χ0v) is 13.8. The van der Waals surface area contributed by atoms with Gasteiger partial charge in [0.1, 0.15) is 11.5 Å². The minimum Gasteiger partial charge on any atom is -0.457 e. The van der Waals surface area contributed by atoms with Crippen LogP contribution in [0, 0.1) is 6.92 Å². The van der Waals surface area contributed by atoms with Crippen molar-refractivity contribution in [3.63, 3.8) is 0 Å². The highest BCUT2D eigenvalue weighted by atomic mass is 35.5. The third-order valence-corrected chi connectivity index (χ3v) is 4.41. The van der Waals surface area contributed by atoms with E-state index in [0.29, 0.717) is 26.4 Å². The lowest BCUT2D eigenvalue weighted by molar-refractivity contribution is 0.0477. The van der Waals surface area contributed by atoms with Crippen LogP contribution in [0.4, 0.5) is 0 Å². The van der Waals surface area contributed by atoms with E-state index < -0.39 is 5.97 Å². The number of nitrogens with zero attached hydrogens (tertiary/aromatic N) is 3. The number of ether oxygens (including phenoxy) is 1. The van der Waals surface area contributed by atoms with Crippen LogP contribution >= 0.6 is 22.9 Å². The summed E-state index contributed by atoms with van der Waals surface area (Å²) in [7, 11) is 0. The number of hydrogen-bond acceptors (Lipinski definition) is 6. The molecule has 1 aromatic carbocycles. The van der Waals surface area contributed by atoms with E-state index in [2.05, 4.69) is 15.0 Å². The molecule has 0 N–H and O–H groups in total. The topological polar surface area (TPSA) is 65.0 Å². The van der Waals surface area contributed by atoms with E-state index in [4.69, 9.17) is 16.3 Å². The van der Waals surface area contributed by atoms with Crippen molar-refractivity contribution in [2.24, 2.45) is 0 Å². The van der Waals surface area contributed by atoms with Gasteiger partial charge in [0.05, 0.1) is 5.69 Å². The third-order valence-electron chi connectivity index (χ3n) is 3.02. The summed E-state index contributed by atoms with van der Waals surface area (Å²) in [4.78, 5) is 25.3. The molecule has 0 aliphatic carbocycles. The van der Waals surface area contributed by atoms with E-state index >= 15 is 0 Å². The SMILES string of the molecule is Cc1nc(-c2ncccn2)sc1C(=O)OCc1ccc(Cl)cc1. The molecule has 0 saturated carbocycles. The van der Waals surface area contributed by atoms with Gasteiger partial charge in [-0.3, -0.25) is 0 Å². The van der Waals surface area contributed by atoms with Gasteiger partial charge < -0.3 is 4.74 Å². The predicted octanol–water partition coefficient (Wildman–Crippen LogP) is 3.92. The van der Waals surface area contributed by atoms with Crippen LogP contribution in [-0.4, -0.2) is 20.9 Å². The molecule has 3 aromatic rings. The van der Waals surface area contributed by atoms with Gasteiger partial charge in [-0.05, 0) is 30.7 Å². The lowest BCUT2D eigenvalue weighted by Gasteiger charge is -2.03. The van der Waals surface area contributed by atoms with Gasteiger partial charge in [0.15, 0.2) is 10.8 Å². The van der Waals surface area contributed by atoms with Gasteiger partial charge >= 0.3 is 5.97 Å². The number of esters is 1. The summed E-state index contributed by atoms with van der Waals surface area (Å²) in [5.74, 6) is 0.0921. The highest BCUT2D eigenvalue weighted by Crippen LogP contribution is 2.26. The minimum atomic E-state index is -0.405. The largest absolute Gasteiger partial charge is 0.457 e. The first-order valence-corrected chi connectivity index (χ1v) is 7.99. The van der Waals surface area contributed by atoms with Crippen molar-refractivity contribution in [2.75, 3.05) is 0 Å². The third kappa shape index (κ3) is 3.72. The number of rotatable bonds is 4. The Hall–Kier alpha value is -2.31. The number of benzene rings is 1. The second kappa shape index (κ2) is 6.85. The maximum atomic E-state index is 12.2. The molecule has 0 saturated heterocycles. The maximum Gasteiger partial charge on any atom is 0.350 e. The van der Waals surface area contributed by atoms with Crippen LogP contribution in [0.2, 0.25) is 5.02 Å². The monoisotopic (exact) mass is 345 g/mol. The second-order valence-corrected chi connectivity index (χ2v) is 6.14. The minimum absolute atomic E-state index is 0.185. The van der Waals surface area contributed by atoms with E-state index in [9.17, 15) is 4.79 Å². The first-order valence-electron chi connectivity index (χ1n) is 6.80. The Morgan fingerprint density at radius 3 is 2.61 bits per heavy atom. The Morgan fingerprint density at radius 1 is 1.22 bits per heavy atom. The summed E-state index contributed by atoms with van der Waals surface area (Å²) in [6, 6.07) is 8.88. The summed E-state index contributed by atoms with van der Waals surface area (Å²) in [6.07, 6.45) is 3.27. The van der Waals surface area contributed by atoms with Gasteiger partial charge in [0, 0.05) is 17.4 Å². The molecule has 0 atom stereocenters. The smallest absolute Gasteiger partial charge is 0.350 e. The molecular formula is C16H12ClN3O2S. The molecule has 116 valence electrons. The van der Waals surface area contributed by atoms with Gasteiger partial charge in [0.2, 0.25) is 0 Å². The fourth-order valence-electron chi connectivity index (χ4n) is 1.89. The molecule has 23 heavy (non-hydrogen) atoms. The van der Waals surface area contributed by atoms with Crippen LogP contribution in [0.1, 0.15) is 20.9 Å². The molecule has 0 spiro atoms. The van der Waals surface area contributed by atoms with Crippen molar-refractivity contribution in [1.82, 2.24) is 15.0 Å². The molecule has 2 heterocycles. The van der Waals surface area contributed by atoms with Gasteiger partial charge in [-0.15, -0.1) is 11.3 Å². The zero-order chi connectivity index (χ0) is 16.2. The standard InChI is InChI=1S/C16H12ClN3O2S/c1-10-13(23-15(20-10)14-18-7-2-8-19-14)16(21)22-9-11-3-5-12(17)6-4-11/h2-8H,9H2,1H3.